The van der Waals surface area contributed by atoms with Crippen molar-refractivity contribution in [2.45, 2.75) is 63.0 Å². The predicted molar refractivity (Wildman–Crippen MR) is 129 cm³/mol. The Bertz CT molecular complexity index is 876. The molecule has 182 valence electrons. The average Bonchev–Trinajstić information content (AvgIpc) is 2.84. The van der Waals surface area contributed by atoms with E-state index in [1.807, 2.05) is 30.3 Å². The molecular weight excluding hydrogens is 441 g/mol. The molecule has 2 aromatic carbocycles. The lowest BCUT2D eigenvalue weighted by molar-refractivity contribution is 0.121. The van der Waals surface area contributed by atoms with Crippen molar-refractivity contribution >= 4 is 13.6 Å². The van der Waals surface area contributed by atoms with Gasteiger partial charge in [-0.2, -0.15) is 0 Å². The molecule has 0 aromatic heterocycles. The third-order valence-electron chi connectivity index (χ3n) is 5.80. The van der Waals surface area contributed by atoms with E-state index in [1.165, 1.54) is 5.56 Å². The number of aryl methyl sites for hydroxylation is 2. The molecule has 5 N–H and O–H groups in total. The molecule has 0 aliphatic carbocycles. The highest BCUT2D eigenvalue weighted by atomic mass is 31.2. The normalized spacial score (nSPS) is 16.0. The summed E-state index contributed by atoms with van der Waals surface area (Å²) in [5.41, 5.74) is 7.99. The smallest absolute Gasteiger partial charge is 0.391 e. The zero-order chi connectivity index (χ0) is 24.2. The summed E-state index contributed by atoms with van der Waals surface area (Å²) in [5, 5.41) is 20.0. The van der Waals surface area contributed by atoms with Crippen LogP contribution >= 0.6 is 7.60 Å². The first kappa shape index (κ1) is 27.4. The number of aliphatic hydroxyl groups is 2. The van der Waals surface area contributed by atoms with Gasteiger partial charge in [-0.25, -0.2) is 0 Å². The maximum Gasteiger partial charge on any atom is 0.391 e. The number of benzene rings is 2. The van der Waals surface area contributed by atoms with Crippen LogP contribution in [0.2, 0.25) is 0 Å². The molecule has 0 saturated carbocycles. The highest BCUT2D eigenvalue weighted by Crippen LogP contribution is 2.38. The number of rotatable bonds is 16. The first-order valence-corrected chi connectivity index (χ1v) is 13.1. The quantitative estimate of drug-likeness (QED) is 0.164. The minimum absolute atomic E-state index is 0.153. The topological polar surface area (TPSA) is 130 Å². The van der Waals surface area contributed by atoms with Gasteiger partial charge in [-0.05, 0) is 48.8 Å². The number of hydrogen-bond donors (Lipinski definition) is 4. The van der Waals surface area contributed by atoms with Gasteiger partial charge in [0.25, 0.3) is 0 Å². The summed E-state index contributed by atoms with van der Waals surface area (Å²) in [6.07, 6.45) is 6.48. The van der Waals surface area contributed by atoms with E-state index >= 15 is 0 Å². The van der Waals surface area contributed by atoms with Crippen LogP contribution in [0.1, 0.15) is 61.3 Å². The lowest BCUT2D eigenvalue weighted by Crippen LogP contribution is -2.48. The molecule has 0 saturated heterocycles. The van der Waals surface area contributed by atoms with Gasteiger partial charge in [-0.1, -0.05) is 73.9 Å². The third kappa shape index (κ3) is 10.3. The molecule has 0 fully saturated rings. The highest BCUT2D eigenvalue weighted by molar-refractivity contribution is 7.68. The van der Waals surface area contributed by atoms with Crippen LogP contribution in [-0.2, 0) is 26.7 Å². The average molecular weight is 478 g/mol. The van der Waals surface area contributed by atoms with Crippen molar-refractivity contribution in [3.05, 3.63) is 71.3 Å². The molecule has 0 amide bonds. The van der Waals surface area contributed by atoms with Gasteiger partial charge in [0.15, 0.2) is 0 Å². The van der Waals surface area contributed by atoms with E-state index in [0.717, 1.165) is 49.7 Å². The molecule has 0 heterocycles. The van der Waals surface area contributed by atoms with Crippen molar-refractivity contribution < 1.29 is 29.0 Å². The molecule has 8 heteroatoms. The summed E-state index contributed by atoms with van der Waals surface area (Å²) in [6.45, 7) is -0.855. The summed E-state index contributed by atoms with van der Waals surface area (Å²) in [5.74, 6) is 0. The molecule has 0 aliphatic rings. The van der Waals surface area contributed by atoms with Gasteiger partial charge in [0, 0.05) is 0 Å². The Kier molecular flexibility index (Phi) is 11.4. The van der Waals surface area contributed by atoms with Crippen molar-refractivity contribution in [1.29, 1.82) is 0 Å². The summed E-state index contributed by atoms with van der Waals surface area (Å²) in [7, 11) is -4.33. The largest absolute Gasteiger partial charge is 0.394 e. The van der Waals surface area contributed by atoms with E-state index in [9.17, 15) is 24.5 Å². The summed E-state index contributed by atoms with van der Waals surface area (Å²) >= 11 is 0. The predicted octanol–water partition coefficient (Wildman–Crippen LogP) is 3.93. The molecule has 2 aromatic rings. The maximum absolute atomic E-state index is 11.3. The van der Waals surface area contributed by atoms with E-state index in [0.29, 0.717) is 12.8 Å². The van der Waals surface area contributed by atoms with Gasteiger partial charge < -0.3 is 25.4 Å². The third-order valence-corrected chi connectivity index (χ3v) is 6.56. The SMILES string of the molecule is NC(CO)(CCc1ccc(C(O)CCCCCCc2ccccc2)cc1)COP(=O)(O)C=O. The van der Waals surface area contributed by atoms with Crippen LogP contribution in [-0.4, -0.2) is 39.9 Å². The molecule has 3 atom stereocenters. The lowest BCUT2D eigenvalue weighted by Gasteiger charge is -2.27. The van der Waals surface area contributed by atoms with Crippen molar-refractivity contribution in [3.63, 3.8) is 0 Å². The number of nitrogens with two attached hydrogens (primary N) is 1. The molecule has 0 radical (unpaired) electrons. The fraction of sp³-hybridized carbons (Fsp3) is 0.480. The van der Waals surface area contributed by atoms with E-state index in [1.54, 1.807) is 0 Å². The molecule has 7 nitrogen and oxygen atoms in total. The highest BCUT2D eigenvalue weighted by Gasteiger charge is 2.29. The number of aliphatic hydroxyl groups excluding tert-OH is 2. The van der Waals surface area contributed by atoms with Gasteiger partial charge in [0.1, 0.15) is 0 Å². The van der Waals surface area contributed by atoms with Gasteiger partial charge >= 0.3 is 7.60 Å². The zero-order valence-electron chi connectivity index (χ0n) is 19.0. The fourth-order valence-electron chi connectivity index (χ4n) is 3.58. The molecule has 0 bridgehead atoms. The summed E-state index contributed by atoms with van der Waals surface area (Å²) in [4.78, 5) is 19.7. The lowest BCUT2D eigenvalue weighted by atomic mass is 9.93. The summed E-state index contributed by atoms with van der Waals surface area (Å²) < 4.78 is 16.0. The van der Waals surface area contributed by atoms with Gasteiger partial charge in [-0.15, -0.1) is 0 Å². The Balaban J connectivity index is 1.70. The van der Waals surface area contributed by atoms with Crippen LogP contribution in [0.15, 0.2) is 54.6 Å². The Morgan fingerprint density at radius 2 is 1.61 bits per heavy atom. The molecule has 33 heavy (non-hydrogen) atoms. The molecule has 0 spiro atoms. The first-order chi connectivity index (χ1) is 15.8. The first-order valence-electron chi connectivity index (χ1n) is 11.4. The van der Waals surface area contributed by atoms with E-state index in [4.69, 9.17) is 5.73 Å². The number of carbonyl (C=O) groups excluding carboxylic acids is 1. The Hall–Kier alpha value is -1.86. The van der Waals surface area contributed by atoms with Crippen LogP contribution in [0.25, 0.3) is 0 Å². The second kappa shape index (κ2) is 13.8. The zero-order valence-corrected chi connectivity index (χ0v) is 19.9. The minimum atomic E-state index is -4.33. The van der Waals surface area contributed by atoms with Crippen molar-refractivity contribution in [2.24, 2.45) is 5.73 Å². The van der Waals surface area contributed by atoms with Crippen molar-refractivity contribution in [1.82, 2.24) is 0 Å². The van der Waals surface area contributed by atoms with Gasteiger partial charge in [0.05, 0.1) is 24.9 Å². The molecule has 0 aliphatic heterocycles. The Labute approximate surface area is 196 Å². The second-order valence-electron chi connectivity index (χ2n) is 8.66. The Morgan fingerprint density at radius 3 is 2.24 bits per heavy atom. The van der Waals surface area contributed by atoms with Gasteiger partial charge in [-0.3, -0.25) is 9.36 Å². The van der Waals surface area contributed by atoms with Crippen LogP contribution in [0.4, 0.5) is 0 Å². The molecule has 3 unspecified atom stereocenters. The summed E-state index contributed by atoms with van der Waals surface area (Å²) in [6, 6.07) is 17.9. The van der Waals surface area contributed by atoms with Crippen LogP contribution in [0.5, 0.6) is 0 Å². The molecular formula is C25H36NO6P. The van der Waals surface area contributed by atoms with Crippen LogP contribution in [0.3, 0.4) is 0 Å². The number of hydrogen-bond acceptors (Lipinski definition) is 6. The number of carbonyl (C=O) groups is 1. The van der Waals surface area contributed by atoms with E-state index in [-0.39, 0.29) is 6.03 Å². The van der Waals surface area contributed by atoms with E-state index < -0.39 is 32.5 Å². The van der Waals surface area contributed by atoms with Crippen molar-refractivity contribution in [3.8, 4) is 0 Å². The monoisotopic (exact) mass is 477 g/mol. The second-order valence-corrected chi connectivity index (χ2v) is 10.3. The van der Waals surface area contributed by atoms with Gasteiger partial charge in [0.2, 0.25) is 6.03 Å². The fourth-order valence-corrected chi connectivity index (χ4v) is 4.08. The molecule has 2 rings (SSSR count). The van der Waals surface area contributed by atoms with Crippen LogP contribution < -0.4 is 5.73 Å². The number of unbranched alkanes of at least 4 members (excludes halogenated alkanes) is 3. The maximum atomic E-state index is 11.3. The van der Waals surface area contributed by atoms with Crippen molar-refractivity contribution in [2.75, 3.05) is 13.2 Å². The Morgan fingerprint density at radius 1 is 0.970 bits per heavy atom. The van der Waals surface area contributed by atoms with Crippen LogP contribution in [0, 0.1) is 0 Å². The minimum Gasteiger partial charge on any atom is -0.394 e. The van der Waals surface area contributed by atoms with E-state index in [2.05, 4.69) is 28.8 Å². The standard InChI is InChI=1S/C25H36NO6P/c26-25(18-27,19-32-33(30,31)20-28)17-16-22-12-14-23(15-13-22)24(29)11-7-2-1-4-8-21-9-5-3-6-10-21/h3,5-6,9-10,12-15,20,24,27,29H,1-2,4,7-8,11,16-19,26H2,(H,30,31).